The highest BCUT2D eigenvalue weighted by Gasteiger charge is 2.37. The Hall–Kier alpha value is -1.79. The van der Waals surface area contributed by atoms with E-state index in [0.29, 0.717) is 5.75 Å². The monoisotopic (exact) mass is 315 g/mol. The molecule has 2 aromatic heterocycles. The number of amidine groups is 1. The molecule has 1 atom stereocenters. The van der Waals surface area contributed by atoms with Crippen LogP contribution < -0.4 is 0 Å². The van der Waals surface area contributed by atoms with E-state index < -0.39 is 0 Å². The molecule has 1 amide bonds. The number of hydrogen-bond acceptors (Lipinski definition) is 4. The van der Waals surface area contributed by atoms with Gasteiger partial charge in [0.05, 0.1) is 23.2 Å². The van der Waals surface area contributed by atoms with Crippen LogP contribution in [-0.4, -0.2) is 26.3 Å². The van der Waals surface area contributed by atoms with E-state index in [2.05, 4.69) is 27.8 Å². The average molecular weight is 315 g/mol. The Morgan fingerprint density at radius 1 is 1.33 bits per heavy atom. The first kappa shape index (κ1) is 12.9. The molecule has 21 heavy (non-hydrogen) atoms. The molecule has 0 aromatic carbocycles. The summed E-state index contributed by atoms with van der Waals surface area (Å²) in [4.78, 5) is 19.8. The summed E-state index contributed by atoms with van der Waals surface area (Å²) >= 11 is 3.20. The summed E-state index contributed by atoms with van der Waals surface area (Å²) in [6.45, 7) is 0. The molecule has 4 rings (SSSR count). The van der Waals surface area contributed by atoms with Crippen LogP contribution in [-0.2, 0) is 11.8 Å². The third-order valence-corrected chi connectivity index (χ3v) is 5.53. The van der Waals surface area contributed by atoms with E-state index >= 15 is 0 Å². The van der Waals surface area contributed by atoms with E-state index in [-0.39, 0.29) is 11.9 Å². The molecule has 4 heterocycles. The van der Waals surface area contributed by atoms with Crippen LogP contribution in [0.4, 0.5) is 0 Å². The smallest absolute Gasteiger partial charge is 0.239 e. The fraction of sp³-hybridized carbons (Fsp3) is 0.200. The molecule has 0 N–H and O–H groups in total. The molecular formula is C15H13N3OS2. The van der Waals surface area contributed by atoms with E-state index in [1.54, 1.807) is 11.3 Å². The van der Waals surface area contributed by atoms with Crippen LogP contribution in [0, 0.1) is 0 Å². The Morgan fingerprint density at radius 3 is 2.95 bits per heavy atom. The summed E-state index contributed by atoms with van der Waals surface area (Å²) in [5, 5.41) is 2.86. The number of aromatic nitrogens is 1. The van der Waals surface area contributed by atoms with Crippen molar-refractivity contribution in [3.63, 3.8) is 0 Å². The maximum atomic E-state index is 12.2. The van der Waals surface area contributed by atoms with Crippen LogP contribution >= 0.6 is 23.1 Å². The lowest BCUT2D eigenvalue weighted by Gasteiger charge is -2.28. The average Bonchev–Trinajstić information content (AvgIpc) is 3.19. The first-order valence-electron chi connectivity index (χ1n) is 6.64. The number of thiophene rings is 1. The topological polar surface area (TPSA) is 37.6 Å². The maximum absolute atomic E-state index is 12.2. The largest absolute Gasteiger partial charge is 0.349 e. The highest BCUT2D eigenvalue weighted by atomic mass is 32.2. The molecule has 0 radical (unpaired) electrons. The number of amides is 1. The van der Waals surface area contributed by atoms with Gasteiger partial charge in [-0.25, -0.2) is 4.99 Å². The minimum atomic E-state index is -0.0371. The van der Waals surface area contributed by atoms with Gasteiger partial charge in [-0.2, -0.15) is 0 Å². The van der Waals surface area contributed by atoms with Gasteiger partial charge in [-0.1, -0.05) is 17.8 Å². The van der Waals surface area contributed by atoms with Crippen molar-refractivity contribution in [3.8, 4) is 0 Å². The molecule has 0 spiro atoms. The predicted molar refractivity (Wildman–Crippen MR) is 87.2 cm³/mol. The van der Waals surface area contributed by atoms with E-state index in [4.69, 9.17) is 0 Å². The number of fused-ring (bicyclic) bond motifs is 1. The first-order chi connectivity index (χ1) is 10.2. The number of aliphatic imine (C=N–C) groups is 1. The molecule has 2 aliphatic rings. The second kappa shape index (κ2) is 4.89. The SMILES string of the molecule is Cn1cccc1C1=CC(c2cccs2)N2C(=O)CSC2=N1. The van der Waals surface area contributed by atoms with Crippen molar-refractivity contribution in [1.29, 1.82) is 0 Å². The fourth-order valence-electron chi connectivity index (χ4n) is 2.64. The van der Waals surface area contributed by atoms with Gasteiger partial charge in [-0.15, -0.1) is 11.3 Å². The van der Waals surface area contributed by atoms with Crippen LogP contribution in [0.3, 0.4) is 0 Å². The maximum Gasteiger partial charge on any atom is 0.239 e. The van der Waals surface area contributed by atoms with Crippen molar-refractivity contribution in [2.75, 3.05) is 5.75 Å². The third-order valence-electron chi connectivity index (χ3n) is 3.65. The molecule has 0 saturated carbocycles. The Bertz CT molecular complexity index is 758. The lowest BCUT2D eigenvalue weighted by atomic mass is 10.1. The second-order valence-corrected chi connectivity index (χ2v) is 6.89. The van der Waals surface area contributed by atoms with Gasteiger partial charge in [0.1, 0.15) is 0 Å². The zero-order chi connectivity index (χ0) is 14.4. The van der Waals surface area contributed by atoms with Crippen LogP contribution in [0.25, 0.3) is 5.70 Å². The fourth-order valence-corrected chi connectivity index (χ4v) is 4.33. The Morgan fingerprint density at radius 2 is 2.24 bits per heavy atom. The number of aryl methyl sites for hydroxylation is 1. The first-order valence-corrected chi connectivity index (χ1v) is 8.51. The van der Waals surface area contributed by atoms with Crippen molar-refractivity contribution in [3.05, 3.63) is 52.5 Å². The number of carbonyl (C=O) groups excluding carboxylic acids is 1. The number of rotatable bonds is 2. The lowest BCUT2D eigenvalue weighted by Crippen LogP contribution is -2.34. The summed E-state index contributed by atoms with van der Waals surface area (Å²) < 4.78 is 2.05. The third kappa shape index (κ3) is 2.06. The quantitative estimate of drug-likeness (QED) is 0.854. The molecule has 0 bridgehead atoms. The standard InChI is InChI=1S/C15H13N3OS2/c1-17-6-2-4-11(17)10-8-12(13-5-3-7-20-13)18-14(19)9-21-15(18)16-10/h2-8,12H,9H2,1H3. The minimum Gasteiger partial charge on any atom is -0.349 e. The van der Waals surface area contributed by atoms with Gasteiger partial charge in [-0.3, -0.25) is 9.69 Å². The molecule has 1 fully saturated rings. The van der Waals surface area contributed by atoms with Gasteiger partial charge in [0.2, 0.25) is 5.91 Å². The van der Waals surface area contributed by atoms with Crippen molar-refractivity contribution < 1.29 is 4.79 Å². The van der Waals surface area contributed by atoms with Gasteiger partial charge in [-0.05, 0) is 29.7 Å². The molecule has 1 saturated heterocycles. The van der Waals surface area contributed by atoms with E-state index in [9.17, 15) is 4.79 Å². The predicted octanol–water partition coefficient (Wildman–Crippen LogP) is 3.11. The molecular weight excluding hydrogens is 302 g/mol. The van der Waals surface area contributed by atoms with Gasteiger partial charge in [0.15, 0.2) is 5.17 Å². The zero-order valence-corrected chi connectivity index (χ0v) is 13.0. The van der Waals surface area contributed by atoms with Crippen LogP contribution in [0.1, 0.15) is 16.6 Å². The molecule has 106 valence electrons. The highest BCUT2D eigenvalue weighted by Crippen LogP contribution is 2.39. The molecule has 1 unspecified atom stereocenters. The summed E-state index contributed by atoms with van der Waals surface area (Å²) in [5.41, 5.74) is 2.01. The van der Waals surface area contributed by atoms with Gasteiger partial charge in [0, 0.05) is 18.1 Å². The Kier molecular flexibility index (Phi) is 3.01. The van der Waals surface area contributed by atoms with E-state index in [1.807, 2.05) is 35.7 Å². The van der Waals surface area contributed by atoms with E-state index in [0.717, 1.165) is 16.6 Å². The molecule has 0 aliphatic carbocycles. The number of carbonyl (C=O) groups is 1. The molecule has 2 aromatic rings. The second-order valence-electron chi connectivity index (χ2n) is 4.96. The molecule has 6 heteroatoms. The van der Waals surface area contributed by atoms with E-state index in [1.165, 1.54) is 16.6 Å². The van der Waals surface area contributed by atoms with Crippen LogP contribution in [0.5, 0.6) is 0 Å². The number of thioether (sulfide) groups is 1. The summed E-state index contributed by atoms with van der Waals surface area (Å²) in [5.74, 6) is 0.619. The van der Waals surface area contributed by atoms with Crippen molar-refractivity contribution in [2.24, 2.45) is 12.0 Å². The Labute approximate surface area is 130 Å². The van der Waals surface area contributed by atoms with Crippen LogP contribution in [0.15, 0.2) is 46.9 Å². The van der Waals surface area contributed by atoms with Gasteiger partial charge < -0.3 is 4.57 Å². The van der Waals surface area contributed by atoms with Crippen LogP contribution in [0.2, 0.25) is 0 Å². The minimum absolute atomic E-state index is 0.0371. The van der Waals surface area contributed by atoms with Crippen molar-refractivity contribution in [1.82, 2.24) is 9.47 Å². The van der Waals surface area contributed by atoms with Gasteiger partial charge >= 0.3 is 0 Å². The zero-order valence-electron chi connectivity index (χ0n) is 11.4. The van der Waals surface area contributed by atoms with Gasteiger partial charge in [0.25, 0.3) is 0 Å². The molecule has 4 nitrogen and oxygen atoms in total. The summed E-state index contributed by atoms with van der Waals surface area (Å²) in [6, 6.07) is 8.13. The number of hydrogen-bond donors (Lipinski definition) is 0. The lowest BCUT2D eigenvalue weighted by molar-refractivity contribution is -0.125. The summed E-state index contributed by atoms with van der Waals surface area (Å²) in [7, 11) is 2.01. The normalized spacial score (nSPS) is 21.3. The summed E-state index contributed by atoms with van der Waals surface area (Å²) in [6.07, 6.45) is 4.10. The van der Waals surface area contributed by atoms with Crippen molar-refractivity contribution >= 4 is 39.9 Å². The molecule has 2 aliphatic heterocycles. The number of nitrogens with zero attached hydrogens (tertiary/aromatic N) is 3. The Balaban J connectivity index is 1.84. The highest BCUT2D eigenvalue weighted by molar-refractivity contribution is 8.15. The van der Waals surface area contributed by atoms with Crippen molar-refractivity contribution in [2.45, 2.75) is 6.04 Å².